The lowest BCUT2D eigenvalue weighted by molar-refractivity contribution is 0.631. The molecule has 0 saturated carbocycles. The second-order valence-corrected chi connectivity index (χ2v) is 4.13. The first-order valence-corrected chi connectivity index (χ1v) is 5.46. The molecule has 0 aliphatic heterocycles. The molecule has 17 heavy (non-hydrogen) atoms. The Bertz CT molecular complexity index is 562. The van der Waals surface area contributed by atoms with Crippen LogP contribution in [0.2, 0.25) is 5.15 Å². The number of hydrogen-bond acceptors (Lipinski definition) is 3. The summed E-state index contributed by atoms with van der Waals surface area (Å²) in [5.74, 6) is -0.0685. The molecule has 0 radical (unpaired) electrons. The molecule has 0 unspecified atom stereocenters. The summed E-state index contributed by atoms with van der Waals surface area (Å²) < 4.78 is 13.5. The molecule has 2 aromatic rings. The number of nitrogens with one attached hydrogen (secondary N) is 1. The summed E-state index contributed by atoms with van der Waals surface area (Å²) in [6.45, 7) is 1.88. The second kappa shape index (κ2) is 4.71. The standard InChI is InChI=1S/C11H10BClFN3/c1-6-2-3-8(14)9(4-6)16-11-15-5-7(12)10(13)17-11/h2-5H,12H2,1H3,(H,15,16,17). The molecule has 2 rings (SSSR count). The molecule has 0 amide bonds. The molecule has 1 aromatic carbocycles. The SMILES string of the molecule is Bc1cnc(Nc2cc(C)ccc2F)nc1Cl. The van der Waals surface area contributed by atoms with Gasteiger partial charge in [-0.15, -0.1) is 0 Å². The molecule has 86 valence electrons. The van der Waals surface area contributed by atoms with Crippen LogP contribution in [0.25, 0.3) is 0 Å². The minimum absolute atomic E-state index is 0.283. The Labute approximate surface area is 104 Å². The van der Waals surface area contributed by atoms with Crippen LogP contribution in [0.15, 0.2) is 24.4 Å². The summed E-state index contributed by atoms with van der Waals surface area (Å²) >= 11 is 5.87. The first-order chi connectivity index (χ1) is 8.06. The van der Waals surface area contributed by atoms with Gasteiger partial charge in [0, 0.05) is 6.20 Å². The van der Waals surface area contributed by atoms with Gasteiger partial charge in [-0.25, -0.2) is 14.4 Å². The van der Waals surface area contributed by atoms with Crippen molar-refractivity contribution in [2.45, 2.75) is 6.92 Å². The van der Waals surface area contributed by atoms with Gasteiger partial charge >= 0.3 is 0 Å². The highest BCUT2D eigenvalue weighted by atomic mass is 35.5. The van der Waals surface area contributed by atoms with Crippen molar-refractivity contribution in [2.75, 3.05) is 5.32 Å². The number of nitrogens with zero attached hydrogens (tertiary/aromatic N) is 2. The van der Waals surface area contributed by atoms with Crippen molar-refractivity contribution in [3.63, 3.8) is 0 Å². The molecular formula is C11H10BClFN3. The Hall–Kier alpha value is -1.62. The van der Waals surface area contributed by atoms with Crippen LogP contribution in [-0.2, 0) is 0 Å². The third-order valence-electron chi connectivity index (χ3n) is 2.28. The number of benzene rings is 1. The molecule has 6 heteroatoms. The van der Waals surface area contributed by atoms with E-state index in [4.69, 9.17) is 11.6 Å². The number of anilines is 2. The number of rotatable bonds is 2. The van der Waals surface area contributed by atoms with Gasteiger partial charge in [0.25, 0.3) is 0 Å². The monoisotopic (exact) mass is 249 g/mol. The fraction of sp³-hybridized carbons (Fsp3) is 0.0909. The zero-order valence-corrected chi connectivity index (χ0v) is 10.2. The van der Waals surface area contributed by atoms with Gasteiger partial charge in [-0.2, -0.15) is 0 Å². The van der Waals surface area contributed by atoms with Crippen molar-refractivity contribution in [3.8, 4) is 0 Å². The summed E-state index contributed by atoms with van der Waals surface area (Å²) in [5, 5.41) is 3.16. The van der Waals surface area contributed by atoms with Gasteiger partial charge in [0.2, 0.25) is 5.95 Å². The van der Waals surface area contributed by atoms with Gasteiger partial charge < -0.3 is 5.32 Å². The van der Waals surface area contributed by atoms with Crippen molar-refractivity contribution in [2.24, 2.45) is 0 Å². The smallest absolute Gasteiger partial charge is 0.228 e. The molecule has 1 aromatic heterocycles. The summed E-state index contributed by atoms with van der Waals surface area (Å²) in [5.41, 5.74) is 2.07. The van der Waals surface area contributed by atoms with E-state index >= 15 is 0 Å². The van der Waals surface area contributed by atoms with Crippen LogP contribution >= 0.6 is 11.6 Å². The maximum absolute atomic E-state index is 13.5. The van der Waals surface area contributed by atoms with Gasteiger partial charge in [-0.3, -0.25) is 0 Å². The minimum Gasteiger partial charge on any atom is -0.322 e. The number of aromatic nitrogens is 2. The second-order valence-electron chi connectivity index (χ2n) is 3.78. The minimum atomic E-state index is -0.351. The number of halogens is 2. The fourth-order valence-electron chi connectivity index (χ4n) is 1.34. The first kappa shape index (κ1) is 11.9. The maximum Gasteiger partial charge on any atom is 0.228 e. The van der Waals surface area contributed by atoms with Crippen LogP contribution in [-0.4, -0.2) is 17.8 Å². The summed E-state index contributed by atoms with van der Waals surface area (Å²) in [6.07, 6.45) is 1.59. The van der Waals surface area contributed by atoms with Crippen LogP contribution in [0.5, 0.6) is 0 Å². The zero-order valence-electron chi connectivity index (χ0n) is 9.46. The van der Waals surface area contributed by atoms with Gasteiger partial charge in [0.05, 0.1) is 5.69 Å². The van der Waals surface area contributed by atoms with Crippen molar-refractivity contribution in [1.29, 1.82) is 0 Å². The summed E-state index contributed by atoms with van der Waals surface area (Å²) in [4.78, 5) is 8.05. The molecule has 0 bridgehead atoms. The Morgan fingerprint density at radius 3 is 2.88 bits per heavy atom. The molecule has 0 fully saturated rings. The molecule has 0 aliphatic carbocycles. The van der Waals surface area contributed by atoms with E-state index < -0.39 is 0 Å². The van der Waals surface area contributed by atoms with E-state index in [1.807, 2.05) is 6.92 Å². The molecule has 3 nitrogen and oxygen atoms in total. The topological polar surface area (TPSA) is 37.8 Å². The van der Waals surface area contributed by atoms with Crippen LogP contribution in [0, 0.1) is 12.7 Å². The third kappa shape index (κ3) is 2.74. The van der Waals surface area contributed by atoms with Gasteiger partial charge in [-0.1, -0.05) is 17.7 Å². The highest BCUT2D eigenvalue weighted by Gasteiger charge is 2.05. The highest BCUT2D eigenvalue weighted by Crippen LogP contribution is 2.19. The lowest BCUT2D eigenvalue weighted by atomic mass is 10.0. The molecule has 0 aliphatic rings. The third-order valence-corrected chi connectivity index (χ3v) is 2.66. The highest BCUT2D eigenvalue weighted by molar-refractivity contribution is 6.44. The number of aryl methyl sites for hydroxylation is 1. The van der Waals surface area contributed by atoms with E-state index in [2.05, 4.69) is 15.3 Å². The Morgan fingerprint density at radius 2 is 2.18 bits per heavy atom. The lowest BCUT2D eigenvalue weighted by Gasteiger charge is -2.07. The average Bonchev–Trinajstić information content (AvgIpc) is 2.29. The van der Waals surface area contributed by atoms with Crippen molar-refractivity contribution < 1.29 is 4.39 Å². The lowest BCUT2D eigenvalue weighted by Crippen LogP contribution is -2.10. The van der Waals surface area contributed by atoms with Crippen molar-refractivity contribution in [3.05, 3.63) is 40.9 Å². The van der Waals surface area contributed by atoms with Crippen LogP contribution in [0.3, 0.4) is 0 Å². The summed E-state index contributed by atoms with van der Waals surface area (Å²) in [6, 6.07) is 4.78. The van der Waals surface area contributed by atoms with Gasteiger partial charge in [-0.05, 0) is 30.1 Å². The number of hydrogen-bond donors (Lipinski definition) is 1. The summed E-state index contributed by atoms with van der Waals surface area (Å²) in [7, 11) is 1.80. The van der Waals surface area contributed by atoms with E-state index in [1.165, 1.54) is 6.07 Å². The zero-order chi connectivity index (χ0) is 12.4. The normalized spacial score (nSPS) is 10.3. The molecule has 0 saturated heterocycles. The van der Waals surface area contributed by atoms with Crippen LogP contribution < -0.4 is 10.8 Å². The van der Waals surface area contributed by atoms with E-state index in [9.17, 15) is 4.39 Å². The average molecular weight is 249 g/mol. The van der Waals surface area contributed by atoms with E-state index in [1.54, 1.807) is 26.2 Å². The van der Waals surface area contributed by atoms with E-state index in [0.717, 1.165) is 11.0 Å². The Kier molecular flexibility index (Phi) is 3.29. The quantitative estimate of drug-likeness (QED) is 0.649. The van der Waals surface area contributed by atoms with Gasteiger partial charge in [0.15, 0.2) is 0 Å². The molecule has 0 spiro atoms. The molecule has 0 atom stereocenters. The largest absolute Gasteiger partial charge is 0.322 e. The predicted molar refractivity (Wildman–Crippen MR) is 69.6 cm³/mol. The maximum atomic E-state index is 13.5. The molecule has 1 heterocycles. The first-order valence-electron chi connectivity index (χ1n) is 5.08. The predicted octanol–water partition coefficient (Wildman–Crippen LogP) is 1.58. The van der Waals surface area contributed by atoms with Crippen molar-refractivity contribution >= 4 is 36.5 Å². The molecule has 1 N–H and O–H groups in total. The Morgan fingerprint density at radius 1 is 1.41 bits per heavy atom. The van der Waals surface area contributed by atoms with Crippen molar-refractivity contribution in [1.82, 2.24) is 9.97 Å². The van der Waals surface area contributed by atoms with Gasteiger partial charge in [0.1, 0.15) is 18.8 Å². The molecular weight excluding hydrogens is 239 g/mol. The van der Waals surface area contributed by atoms with Crippen LogP contribution in [0.1, 0.15) is 5.56 Å². The fourth-order valence-corrected chi connectivity index (χ4v) is 1.47. The Balaban J connectivity index is 2.31. The van der Waals surface area contributed by atoms with Crippen LogP contribution in [0.4, 0.5) is 16.0 Å². The van der Waals surface area contributed by atoms with E-state index in [-0.39, 0.29) is 11.8 Å². The van der Waals surface area contributed by atoms with E-state index in [0.29, 0.717) is 10.8 Å².